The van der Waals surface area contributed by atoms with Crippen molar-refractivity contribution in [3.05, 3.63) is 53.6 Å². The molecule has 0 fully saturated rings. The summed E-state index contributed by atoms with van der Waals surface area (Å²) < 4.78 is 0. The Balaban J connectivity index is 1.76. The van der Waals surface area contributed by atoms with Gasteiger partial charge in [-0.1, -0.05) is 12.1 Å². The fourth-order valence-corrected chi connectivity index (χ4v) is 2.88. The van der Waals surface area contributed by atoms with Crippen molar-refractivity contribution in [3.63, 3.8) is 0 Å². The molecule has 0 saturated carbocycles. The van der Waals surface area contributed by atoms with Crippen LogP contribution in [0.4, 0.5) is 5.95 Å². The summed E-state index contributed by atoms with van der Waals surface area (Å²) in [7, 11) is 0. The van der Waals surface area contributed by atoms with E-state index in [-0.39, 0.29) is 23.6 Å². The Kier molecular flexibility index (Phi) is 3.65. The Morgan fingerprint density at radius 2 is 2.00 bits per heavy atom. The van der Waals surface area contributed by atoms with Gasteiger partial charge in [-0.25, -0.2) is 4.98 Å². The van der Waals surface area contributed by atoms with Gasteiger partial charge in [0, 0.05) is 12.8 Å². The molecule has 0 aliphatic carbocycles. The van der Waals surface area contributed by atoms with Crippen LogP contribution in [-0.4, -0.2) is 32.6 Å². The minimum atomic E-state index is -0.731. The van der Waals surface area contributed by atoms with Crippen LogP contribution in [0.3, 0.4) is 0 Å². The van der Waals surface area contributed by atoms with E-state index in [0.29, 0.717) is 23.6 Å². The lowest BCUT2D eigenvalue weighted by molar-refractivity contribution is -0.118. The van der Waals surface area contributed by atoms with Crippen molar-refractivity contribution in [1.82, 2.24) is 9.97 Å². The standard InChI is InChI=1S/C18H15N5O3/c19-17(26)11-9-10(5-7-15(11)24)12-6-8-16(25)23(22-12)18-20-13-3-1-2-4-14(13)21-18/h1-5,7,9,24H,6,8H2,(H2,19,26)(H,20,21). The van der Waals surface area contributed by atoms with Crippen LogP contribution in [0, 0.1) is 0 Å². The van der Waals surface area contributed by atoms with Crippen molar-refractivity contribution in [2.24, 2.45) is 10.8 Å². The summed E-state index contributed by atoms with van der Waals surface area (Å²) in [5, 5.41) is 15.4. The van der Waals surface area contributed by atoms with E-state index in [9.17, 15) is 14.7 Å². The monoisotopic (exact) mass is 349 g/mol. The van der Waals surface area contributed by atoms with Crippen LogP contribution in [-0.2, 0) is 4.79 Å². The number of fused-ring (bicyclic) bond motifs is 1. The molecule has 0 saturated heterocycles. The molecule has 0 radical (unpaired) electrons. The second-order valence-corrected chi connectivity index (χ2v) is 5.93. The minimum absolute atomic E-state index is 0.0115. The van der Waals surface area contributed by atoms with Gasteiger partial charge in [0.25, 0.3) is 5.91 Å². The third kappa shape index (κ3) is 2.67. The number of nitrogens with zero attached hydrogens (tertiary/aromatic N) is 3. The number of imidazole rings is 1. The number of para-hydroxylation sites is 2. The second kappa shape index (κ2) is 5.99. The Morgan fingerprint density at radius 3 is 2.77 bits per heavy atom. The van der Waals surface area contributed by atoms with Crippen LogP contribution < -0.4 is 10.7 Å². The number of rotatable bonds is 3. The van der Waals surface area contributed by atoms with Gasteiger partial charge in [-0.15, -0.1) is 0 Å². The molecule has 2 amide bonds. The summed E-state index contributed by atoms with van der Waals surface area (Å²) in [6.07, 6.45) is 0.668. The maximum Gasteiger partial charge on any atom is 0.252 e. The smallest absolute Gasteiger partial charge is 0.252 e. The highest BCUT2D eigenvalue weighted by molar-refractivity contribution is 6.09. The fourth-order valence-electron chi connectivity index (χ4n) is 2.88. The molecule has 1 aromatic heterocycles. The molecule has 8 nitrogen and oxygen atoms in total. The molecule has 1 aliphatic rings. The number of amides is 2. The number of nitrogens with one attached hydrogen (secondary N) is 1. The zero-order chi connectivity index (χ0) is 18.3. The molecule has 0 bridgehead atoms. The summed E-state index contributed by atoms with van der Waals surface area (Å²) in [5.74, 6) is -0.766. The Morgan fingerprint density at radius 1 is 1.19 bits per heavy atom. The number of benzene rings is 2. The number of aromatic amines is 1. The molecule has 0 spiro atoms. The largest absolute Gasteiger partial charge is 0.507 e. The molecule has 4 rings (SSSR count). The third-order valence-electron chi connectivity index (χ3n) is 4.21. The van der Waals surface area contributed by atoms with Crippen LogP contribution in [0.5, 0.6) is 5.75 Å². The summed E-state index contributed by atoms with van der Waals surface area (Å²) >= 11 is 0. The normalized spacial score (nSPS) is 14.5. The predicted molar refractivity (Wildman–Crippen MR) is 96.0 cm³/mol. The lowest BCUT2D eigenvalue weighted by Crippen LogP contribution is -2.32. The van der Waals surface area contributed by atoms with Crippen LogP contribution in [0.15, 0.2) is 47.6 Å². The van der Waals surface area contributed by atoms with E-state index >= 15 is 0 Å². The number of aromatic nitrogens is 2. The van der Waals surface area contributed by atoms with Crippen molar-refractivity contribution < 1.29 is 14.7 Å². The third-order valence-corrected chi connectivity index (χ3v) is 4.21. The number of hydrogen-bond donors (Lipinski definition) is 3. The van der Waals surface area contributed by atoms with Crippen LogP contribution >= 0.6 is 0 Å². The van der Waals surface area contributed by atoms with E-state index in [1.54, 1.807) is 6.07 Å². The number of H-pyrrole nitrogens is 1. The highest BCUT2D eigenvalue weighted by Crippen LogP contribution is 2.25. The molecular weight excluding hydrogens is 334 g/mol. The highest BCUT2D eigenvalue weighted by Gasteiger charge is 2.25. The number of carbonyl (C=O) groups is 2. The molecule has 4 N–H and O–H groups in total. The number of phenols is 1. The van der Waals surface area contributed by atoms with Gasteiger partial charge < -0.3 is 15.8 Å². The fraction of sp³-hybridized carbons (Fsp3) is 0.111. The first-order valence-electron chi connectivity index (χ1n) is 8.01. The highest BCUT2D eigenvalue weighted by atomic mass is 16.3. The molecule has 2 heterocycles. The quantitative estimate of drug-likeness (QED) is 0.668. The van der Waals surface area contributed by atoms with Gasteiger partial charge >= 0.3 is 0 Å². The molecule has 26 heavy (non-hydrogen) atoms. The zero-order valence-corrected chi connectivity index (χ0v) is 13.6. The van der Waals surface area contributed by atoms with Crippen molar-refractivity contribution in [2.45, 2.75) is 12.8 Å². The van der Waals surface area contributed by atoms with E-state index in [0.717, 1.165) is 11.0 Å². The van der Waals surface area contributed by atoms with Gasteiger partial charge in [0.15, 0.2) is 0 Å². The number of aromatic hydroxyl groups is 1. The summed E-state index contributed by atoms with van der Waals surface area (Å²) in [4.78, 5) is 31.2. The average molecular weight is 349 g/mol. The SMILES string of the molecule is NC(=O)c1cc(C2=NN(c3nc4ccccc4[nH]3)C(=O)CC2)ccc1O. The lowest BCUT2D eigenvalue weighted by Gasteiger charge is -2.21. The molecule has 0 atom stereocenters. The van der Waals surface area contributed by atoms with Gasteiger partial charge in [0.2, 0.25) is 11.9 Å². The first kappa shape index (κ1) is 15.8. The summed E-state index contributed by atoms with van der Waals surface area (Å²) in [6, 6.07) is 11.9. The van der Waals surface area contributed by atoms with Gasteiger partial charge in [-0.2, -0.15) is 10.1 Å². The predicted octanol–water partition coefficient (Wildman–Crippen LogP) is 1.90. The first-order chi connectivity index (χ1) is 12.5. The number of carbonyl (C=O) groups excluding carboxylic acids is 2. The van der Waals surface area contributed by atoms with E-state index in [2.05, 4.69) is 15.1 Å². The molecule has 2 aromatic carbocycles. The minimum Gasteiger partial charge on any atom is -0.507 e. The molecule has 0 unspecified atom stereocenters. The second-order valence-electron chi connectivity index (χ2n) is 5.93. The van der Waals surface area contributed by atoms with Gasteiger partial charge in [-0.3, -0.25) is 9.59 Å². The molecular formula is C18H15N5O3. The molecule has 3 aromatic rings. The van der Waals surface area contributed by atoms with Crippen molar-refractivity contribution >= 4 is 34.5 Å². The van der Waals surface area contributed by atoms with Crippen LogP contribution in [0.25, 0.3) is 11.0 Å². The van der Waals surface area contributed by atoms with Crippen molar-refractivity contribution in [1.29, 1.82) is 0 Å². The maximum absolute atomic E-state index is 12.3. The maximum atomic E-state index is 12.3. The molecule has 8 heteroatoms. The van der Waals surface area contributed by atoms with Crippen molar-refractivity contribution in [3.8, 4) is 5.75 Å². The zero-order valence-electron chi connectivity index (χ0n) is 13.6. The topological polar surface area (TPSA) is 125 Å². The average Bonchev–Trinajstić information content (AvgIpc) is 3.06. The summed E-state index contributed by atoms with van der Waals surface area (Å²) in [6.45, 7) is 0. The van der Waals surface area contributed by atoms with E-state index < -0.39 is 5.91 Å². The Hall–Kier alpha value is -3.68. The summed E-state index contributed by atoms with van der Waals surface area (Å²) in [5.41, 5.74) is 8.05. The van der Waals surface area contributed by atoms with Gasteiger partial charge in [-0.05, 0) is 35.9 Å². The van der Waals surface area contributed by atoms with E-state index in [1.807, 2.05) is 24.3 Å². The number of primary amides is 1. The molecule has 1 aliphatic heterocycles. The Labute approximate surface area is 148 Å². The van der Waals surface area contributed by atoms with E-state index in [4.69, 9.17) is 5.73 Å². The van der Waals surface area contributed by atoms with Crippen LogP contribution in [0.2, 0.25) is 0 Å². The molecule has 130 valence electrons. The van der Waals surface area contributed by atoms with Crippen molar-refractivity contribution in [2.75, 3.05) is 5.01 Å². The first-order valence-corrected chi connectivity index (χ1v) is 8.01. The number of hydrogen-bond acceptors (Lipinski definition) is 5. The van der Waals surface area contributed by atoms with Crippen LogP contribution in [0.1, 0.15) is 28.8 Å². The van der Waals surface area contributed by atoms with E-state index in [1.165, 1.54) is 17.1 Å². The Bertz CT molecular complexity index is 1040. The number of nitrogens with two attached hydrogens (primary N) is 1. The van der Waals surface area contributed by atoms with Gasteiger partial charge in [0.05, 0.1) is 22.3 Å². The van der Waals surface area contributed by atoms with Gasteiger partial charge in [0.1, 0.15) is 5.75 Å². The lowest BCUT2D eigenvalue weighted by atomic mass is 10.0. The number of hydrazone groups is 1. The number of anilines is 1.